The summed E-state index contributed by atoms with van der Waals surface area (Å²) in [6, 6.07) is 8.16. The van der Waals surface area contributed by atoms with Crippen LogP contribution in [0.15, 0.2) is 45.9 Å². The fraction of sp³-hybridized carbons (Fsp3) is 0.167. The molecule has 2 aromatic rings. The number of aryl methyl sites for hydroxylation is 1. The number of benzene rings is 1. The van der Waals surface area contributed by atoms with Gasteiger partial charge in [0.05, 0.1) is 17.7 Å². The molecule has 2 rings (SSSR count). The summed E-state index contributed by atoms with van der Waals surface area (Å²) in [5.41, 5.74) is 0.645. The molecular formula is C12H12ClNO3S. The van der Waals surface area contributed by atoms with Crippen LogP contribution in [0.5, 0.6) is 0 Å². The molecule has 0 radical (unpaired) electrons. The minimum atomic E-state index is -3.58. The second-order valence-corrected chi connectivity index (χ2v) is 5.99. The largest absolute Gasteiger partial charge is 0.468 e. The van der Waals surface area contributed by atoms with E-state index in [4.69, 9.17) is 16.0 Å². The van der Waals surface area contributed by atoms with E-state index in [9.17, 15) is 8.42 Å². The first-order valence-corrected chi connectivity index (χ1v) is 7.13. The highest BCUT2D eigenvalue weighted by Gasteiger charge is 2.17. The van der Waals surface area contributed by atoms with Crippen LogP contribution in [0.1, 0.15) is 11.3 Å². The zero-order valence-electron chi connectivity index (χ0n) is 9.68. The Bertz CT molecular complexity index is 635. The SMILES string of the molecule is Cc1ccc(Cl)cc1S(=O)(=O)NCc1ccco1. The maximum Gasteiger partial charge on any atom is 0.241 e. The quantitative estimate of drug-likeness (QED) is 0.939. The van der Waals surface area contributed by atoms with Gasteiger partial charge in [-0.2, -0.15) is 0 Å². The van der Waals surface area contributed by atoms with Crippen molar-refractivity contribution in [3.05, 3.63) is 52.9 Å². The van der Waals surface area contributed by atoms with E-state index in [2.05, 4.69) is 4.72 Å². The molecule has 18 heavy (non-hydrogen) atoms. The van der Waals surface area contributed by atoms with E-state index in [0.717, 1.165) is 0 Å². The number of furan rings is 1. The van der Waals surface area contributed by atoms with Crippen molar-refractivity contribution >= 4 is 21.6 Å². The molecule has 1 N–H and O–H groups in total. The Labute approximate surface area is 111 Å². The molecule has 0 fully saturated rings. The Morgan fingerprint density at radius 3 is 2.78 bits per heavy atom. The van der Waals surface area contributed by atoms with Crippen molar-refractivity contribution in [2.75, 3.05) is 0 Å². The van der Waals surface area contributed by atoms with E-state index < -0.39 is 10.0 Å². The first-order valence-electron chi connectivity index (χ1n) is 5.27. The molecule has 96 valence electrons. The Kier molecular flexibility index (Phi) is 3.75. The van der Waals surface area contributed by atoms with Gasteiger partial charge in [0, 0.05) is 5.02 Å². The number of nitrogens with one attached hydrogen (secondary N) is 1. The first kappa shape index (κ1) is 13.1. The van der Waals surface area contributed by atoms with Gasteiger partial charge < -0.3 is 4.42 Å². The van der Waals surface area contributed by atoms with Crippen molar-refractivity contribution in [3.63, 3.8) is 0 Å². The van der Waals surface area contributed by atoms with Gasteiger partial charge >= 0.3 is 0 Å². The molecule has 1 heterocycles. The van der Waals surface area contributed by atoms with Gasteiger partial charge in [-0.25, -0.2) is 13.1 Å². The molecule has 0 saturated heterocycles. The average Bonchev–Trinajstić information content (AvgIpc) is 2.83. The van der Waals surface area contributed by atoms with Crippen molar-refractivity contribution in [2.24, 2.45) is 0 Å². The molecule has 0 bridgehead atoms. The van der Waals surface area contributed by atoms with Gasteiger partial charge in [-0.3, -0.25) is 0 Å². The number of sulfonamides is 1. The number of rotatable bonds is 4. The second-order valence-electron chi connectivity index (χ2n) is 3.81. The molecule has 0 spiro atoms. The molecule has 0 atom stereocenters. The third kappa shape index (κ3) is 2.93. The number of hydrogen-bond acceptors (Lipinski definition) is 3. The fourth-order valence-corrected chi connectivity index (χ4v) is 3.02. The van der Waals surface area contributed by atoms with Gasteiger partial charge in [0.25, 0.3) is 0 Å². The topological polar surface area (TPSA) is 59.3 Å². The van der Waals surface area contributed by atoms with Gasteiger partial charge in [0.15, 0.2) is 0 Å². The van der Waals surface area contributed by atoms with Gasteiger partial charge in [0.1, 0.15) is 5.76 Å². The molecule has 0 saturated carbocycles. The molecule has 6 heteroatoms. The van der Waals surface area contributed by atoms with Gasteiger partial charge in [-0.1, -0.05) is 17.7 Å². The maximum absolute atomic E-state index is 12.1. The van der Waals surface area contributed by atoms with Crippen molar-refractivity contribution in [3.8, 4) is 0 Å². The number of hydrogen-bond donors (Lipinski definition) is 1. The molecule has 0 aliphatic heterocycles. The van der Waals surface area contributed by atoms with E-state index in [0.29, 0.717) is 16.3 Å². The maximum atomic E-state index is 12.1. The summed E-state index contributed by atoms with van der Waals surface area (Å²) in [4.78, 5) is 0.182. The van der Waals surface area contributed by atoms with Gasteiger partial charge in [0.2, 0.25) is 10.0 Å². The van der Waals surface area contributed by atoms with E-state index in [1.165, 1.54) is 12.3 Å². The van der Waals surface area contributed by atoms with Gasteiger partial charge in [-0.05, 0) is 36.8 Å². The standard InChI is InChI=1S/C12H12ClNO3S/c1-9-4-5-10(13)7-12(9)18(15,16)14-8-11-3-2-6-17-11/h2-7,14H,8H2,1H3. The highest BCUT2D eigenvalue weighted by Crippen LogP contribution is 2.20. The molecule has 0 unspecified atom stereocenters. The Morgan fingerprint density at radius 2 is 2.11 bits per heavy atom. The second kappa shape index (κ2) is 5.14. The van der Waals surface area contributed by atoms with Crippen LogP contribution in [0.25, 0.3) is 0 Å². The van der Waals surface area contributed by atoms with Crippen LogP contribution in [0.4, 0.5) is 0 Å². The van der Waals surface area contributed by atoms with E-state index in [-0.39, 0.29) is 11.4 Å². The van der Waals surface area contributed by atoms with Crippen LogP contribution in [0.3, 0.4) is 0 Å². The van der Waals surface area contributed by atoms with Crippen molar-refractivity contribution in [1.82, 2.24) is 4.72 Å². The summed E-state index contributed by atoms with van der Waals surface area (Å²) in [5, 5.41) is 0.388. The fourth-order valence-electron chi connectivity index (χ4n) is 1.52. The van der Waals surface area contributed by atoms with Crippen LogP contribution in [-0.4, -0.2) is 8.42 Å². The van der Waals surface area contributed by atoms with Crippen molar-refractivity contribution in [1.29, 1.82) is 0 Å². The summed E-state index contributed by atoms with van der Waals surface area (Å²) < 4.78 is 31.7. The van der Waals surface area contributed by atoms with Crippen molar-refractivity contribution in [2.45, 2.75) is 18.4 Å². The minimum absolute atomic E-state index is 0.112. The zero-order chi connectivity index (χ0) is 13.2. The molecular weight excluding hydrogens is 274 g/mol. The van der Waals surface area contributed by atoms with Crippen molar-refractivity contribution < 1.29 is 12.8 Å². The monoisotopic (exact) mass is 285 g/mol. The zero-order valence-corrected chi connectivity index (χ0v) is 11.3. The normalized spacial score (nSPS) is 11.7. The molecule has 0 aliphatic rings. The molecule has 0 aliphatic carbocycles. The van der Waals surface area contributed by atoms with E-state index >= 15 is 0 Å². The Balaban J connectivity index is 2.22. The lowest BCUT2D eigenvalue weighted by atomic mass is 10.2. The highest BCUT2D eigenvalue weighted by molar-refractivity contribution is 7.89. The first-order chi connectivity index (χ1) is 8.49. The predicted octanol–water partition coefficient (Wildman–Crippen LogP) is 2.72. The summed E-state index contributed by atoms with van der Waals surface area (Å²) in [7, 11) is -3.58. The average molecular weight is 286 g/mol. The molecule has 4 nitrogen and oxygen atoms in total. The van der Waals surface area contributed by atoms with Gasteiger partial charge in [-0.15, -0.1) is 0 Å². The third-order valence-corrected chi connectivity index (χ3v) is 4.23. The number of halogens is 1. The minimum Gasteiger partial charge on any atom is -0.468 e. The highest BCUT2D eigenvalue weighted by atomic mass is 35.5. The molecule has 1 aromatic carbocycles. The lowest BCUT2D eigenvalue weighted by Crippen LogP contribution is -2.23. The Hall–Kier alpha value is -1.30. The van der Waals surface area contributed by atoms with E-state index in [1.807, 2.05) is 0 Å². The van der Waals surface area contributed by atoms with Crippen LogP contribution in [-0.2, 0) is 16.6 Å². The van der Waals surface area contributed by atoms with Crippen LogP contribution >= 0.6 is 11.6 Å². The summed E-state index contributed by atoms with van der Waals surface area (Å²) in [6.07, 6.45) is 1.49. The molecule has 1 aromatic heterocycles. The smallest absolute Gasteiger partial charge is 0.241 e. The van der Waals surface area contributed by atoms with Crippen LogP contribution in [0, 0.1) is 6.92 Å². The summed E-state index contributed by atoms with van der Waals surface area (Å²) in [5.74, 6) is 0.554. The lowest BCUT2D eigenvalue weighted by molar-refractivity contribution is 0.498. The van der Waals surface area contributed by atoms with Crippen LogP contribution < -0.4 is 4.72 Å². The molecule has 0 amide bonds. The summed E-state index contributed by atoms with van der Waals surface area (Å²) in [6.45, 7) is 1.83. The van der Waals surface area contributed by atoms with Crippen LogP contribution in [0.2, 0.25) is 5.02 Å². The lowest BCUT2D eigenvalue weighted by Gasteiger charge is -2.08. The summed E-state index contributed by atoms with van der Waals surface area (Å²) >= 11 is 5.81. The third-order valence-electron chi connectivity index (χ3n) is 2.46. The Morgan fingerprint density at radius 1 is 1.33 bits per heavy atom. The van der Waals surface area contributed by atoms with E-state index in [1.54, 1.807) is 31.2 Å². The predicted molar refractivity (Wildman–Crippen MR) is 68.9 cm³/mol.